The number of nitrogens with one attached hydrogen (secondary N) is 1. The minimum atomic E-state index is -0.0737. The van der Waals surface area contributed by atoms with Crippen molar-refractivity contribution in [3.63, 3.8) is 0 Å². The van der Waals surface area contributed by atoms with Crippen LogP contribution < -0.4 is 5.32 Å². The van der Waals surface area contributed by atoms with E-state index in [4.69, 9.17) is 0 Å². The van der Waals surface area contributed by atoms with E-state index in [1.54, 1.807) is 17.7 Å². The Hall–Kier alpha value is -1.97. The molecule has 148 valence electrons. The number of thiophene rings is 1. The van der Waals surface area contributed by atoms with Crippen LogP contribution >= 0.6 is 39.0 Å². The first-order valence-corrected chi connectivity index (χ1v) is 12.0. The van der Waals surface area contributed by atoms with E-state index in [1.165, 1.54) is 35.0 Å². The Morgan fingerprint density at radius 2 is 2.17 bits per heavy atom. The van der Waals surface area contributed by atoms with Crippen LogP contribution in [-0.4, -0.2) is 31.2 Å². The van der Waals surface area contributed by atoms with Gasteiger partial charge in [-0.05, 0) is 61.9 Å². The summed E-state index contributed by atoms with van der Waals surface area (Å²) in [6, 6.07) is 5.76. The maximum absolute atomic E-state index is 12.4. The Morgan fingerprint density at radius 1 is 1.31 bits per heavy atom. The summed E-state index contributed by atoms with van der Waals surface area (Å²) >= 11 is 6.62. The first-order chi connectivity index (χ1) is 14.1. The highest BCUT2D eigenvalue weighted by atomic mass is 79.9. The topological polar surface area (TPSA) is 72.2 Å². The number of anilines is 1. The summed E-state index contributed by atoms with van der Waals surface area (Å²) < 4.78 is 2.93. The first kappa shape index (κ1) is 19.0. The van der Waals surface area contributed by atoms with Crippen LogP contribution in [0.1, 0.15) is 28.8 Å². The van der Waals surface area contributed by atoms with E-state index in [0.717, 1.165) is 44.4 Å². The minimum Gasteiger partial charge on any atom is -0.325 e. The van der Waals surface area contributed by atoms with Gasteiger partial charge in [-0.3, -0.25) is 9.20 Å². The fourth-order valence-corrected chi connectivity index (χ4v) is 5.86. The van der Waals surface area contributed by atoms with Crippen molar-refractivity contribution in [2.75, 3.05) is 11.1 Å². The molecule has 0 fully saturated rings. The third-order valence-corrected chi connectivity index (χ3v) is 8.14. The molecule has 1 aliphatic carbocycles. The van der Waals surface area contributed by atoms with E-state index in [-0.39, 0.29) is 11.7 Å². The van der Waals surface area contributed by atoms with Crippen LogP contribution in [0.15, 0.2) is 34.2 Å². The number of rotatable bonds is 4. The van der Waals surface area contributed by atoms with Crippen LogP contribution in [0.2, 0.25) is 0 Å². The second-order valence-corrected chi connectivity index (χ2v) is 9.99. The molecule has 29 heavy (non-hydrogen) atoms. The number of aromatic nitrogens is 4. The molecule has 5 rings (SSSR count). The number of aryl methyl sites for hydroxylation is 3. The third-order valence-electron chi connectivity index (χ3n) is 5.11. The lowest BCUT2D eigenvalue weighted by Gasteiger charge is -2.10. The second kappa shape index (κ2) is 7.70. The predicted molar refractivity (Wildman–Crippen MR) is 121 cm³/mol. The molecule has 6 nitrogen and oxygen atoms in total. The summed E-state index contributed by atoms with van der Waals surface area (Å²) in [5.74, 6) is 0.186. The van der Waals surface area contributed by atoms with Crippen LogP contribution in [0.3, 0.4) is 0 Å². The average molecular weight is 488 g/mol. The number of hydrogen-bond donors (Lipinski definition) is 1. The van der Waals surface area contributed by atoms with E-state index in [0.29, 0.717) is 5.16 Å². The molecule has 0 saturated carbocycles. The number of fused-ring (bicyclic) bond motifs is 5. The Kier molecular flexibility index (Phi) is 5.05. The van der Waals surface area contributed by atoms with Crippen LogP contribution in [0.25, 0.3) is 15.9 Å². The van der Waals surface area contributed by atoms with Crippen molar-refractivity contribution in [2.24, 2.45) is 0 Å². The van der Waals surface area contributed by atoms with Gasteiger partial charge in [0, 0.05) is 15.0 Å². The van der Waals surface area contributed by atoms with Gasteiger partial charge in [-0.1, -0.05) is 27.7 Å². The molecule has 0 radical (unpaired) electrons. The standard InChI is InChI=1S/C20H18BrN5OS2/c1-11-8-12(6-7-14(11)21)23-16(27)9-28-20-25-24-18-17-13-4-2-3-5-15(13)29-19(17)22-10-26(18)20/h6-8,10H,2-5,9H2,1H3,(H,23,27). The van der Waals surface area contributed by atoms with E-state index in [1.807, 2.05) is 29.5 Å². The quantitative estimate of drug-likeness (QED) is 0.409. The van der Waals surface area contributed by atoms with Gasteiger partial charge in [-0.2, -0.15) is 0 Å². The maximum Gasteiger partial charge on any atom is 0.234 e. The monoisotopic (exact) mass is 487 g/mol. The molecule has 0 atom stereocenters. The largest absolute Gasteiger partial charge is 0.325 e. The van der Waals surface area contributed by atoms with Crippen molar-refractivity contribution in [2.45, 2.75) is 37.8 Å². The Balaban J connectivity index is 1.37. The molecule has 0 spiro atoms. The fourth-order valence-electron chi connectivity index (χ4n) is 3.68. The average Bonchev–Trinajstić information content (AvgIpc) is 3.29. The van der Waals surface area contributed by atoms with E-state index in [2.05, 4.69) is 36.4 Å². The highest BCUT2D eigenvalue weighted by Gasteiger charge is 2.21. The highest BCUT2D eigenvalue weighted by molar-refractivity contribution is 9.10. The van der Waals surface area contributed by atoms with Gasteiger partial charge < -0.3 is 5.32 Å². The molecular formula is C20H18BrN5OS2. The summed E-state index contributed by atoms with van der Waals surface area (Å²) in [4.78, 5) is 19.5. The smallest absolute Gasteiger partial charge is 0.234 e. The lowest BCUT2D eigenvalue weighted by molar-refractivity contribution is -0.113. The van der Waals surface area contributed by atoms with Crippen LogP contribution in [0.5, 0.6) is 0 Å². The Morgan fingerprint density at radius 3 is 3.03 bits per heavy atom. The number of hydrogen-bond acceptors (Lipinski definition) is 6. The zero-order chi connectivity index (χ0) is 20.0. The molecule has 0 saturated heterocycles. The number of carbonyl (C=O) groups is 1. The van der Waals surface area contributed by atoms with Gasteiger partial charge in [0.2, 0.25) is 5.91 Å². The number of carbonyl (C=O) groups excluding carboxylic acids is 1. The van der Waals surface area contributed by atoms with Crippen LogP contribution in [0.4, 0.5) is 5.69 Å². The minimum absolute atomic E-state index is 0.0737. The molecular weight excluding hydrogens is 470 g/mol. The zero-order valence-electron chi connectivity index (χ0n) is 15.7. The molecule has 9 heteroatoms. The molecule has 0 unspecified atom stereocenters. The van der Waals surface area contributed by atoms with Gasteiger partial charge >= 0.3 is 0 Å². The van der Waals surface area contributed by atoms with Gasteiger partial charge in [-0.25, -0.2) is 4.98 Å². The third kappa shape index (κ3) is 3.55. The second-order valence-electron chi connectivity index (χ2n) is 7.11. The number of amides is 1. The van der Waals surface area contributed by atoms with Crippen LogP contribution in [0, 0.1) is 6.92 Å². The Bertz CT molecular complexity index is 1250. The number of nitrogens with zero attached hydrogens (tertiary/aromatic N) is 4. The first-order valence-electron chi connectivity index (χ1n) is 9.43. The summed E-state index contributed by atoms with van der Waals surface area (Å²) in [5, 5.41) is 13.5. The molecule has 3 heterocycles. The number of benzene rings is 1. The van der Waals surface area contributed by atoms with Crippen molar-refractivity contribution in [1.29, 1.82) is 0 Å². The molecule has 3 aromatic heterocycles. The molecule has 1 N–H and O–H groups in total. The summed E-state index contributed by atoms with van der Waals surface area (Å²) in [5.41, 5.74) is 4.10. The Labute approximate surface area is 184 Å². The van der Waals surface area contributed by atoms with Gasteiger partial charge in [0.25, 0.3) is 0 Å². The van der Waals surface area contributed by atoms with E-state index < -0.39 is 0 Å². The zero-order valence-corrected chi connectivity index (χ0v) is 19.0. The summed E-state index contributed by atoms with van der Waals surface area (Å²) in [6.07, 6.45) is 6.45. The predicted octanol–water partition coefficient (Wildman–Crippen LogP) is 5.02. The van der Waals surface area contributed by atoms with Crippen molar-refractivity contribution in [3.8, 4) is 0 Å². The molecule has 1 aliphatic rings. The summed E-state index contributed by atoms with van der Waals surface area (Å²) in [6.45, 7) is 1.99. The number of thioether (sulfide) groups is 1. The van der Waals surface area contributed by atoms with Gasteiger partial charge in [-0.15, -0.1) is 21.5 Å². The molecule has 0 bridgehead atoms. The lowest BCUT2D eigenvalue weighted by Crippen LogP contribution is -2.14. The normalized spacial score (nSPS) is 13.7. The SMILES string of the molecule is Cc1cc(NC(=O)CSc2nnc3c4c5c(sc4ncn23)CCCC5)ccc1Br. The van der Waals surface area contributed by atoms with Crippen molar-refractivity contribution in [1.82, 2.24) is 19.6 Å². The number of halogens is 1. The molecule has 4 aromatic rings. The molecule has 1 aromatic carbocycles. The van der Waals surface area contributed by atoms with E-state index >= 15 is 0 Å². The lowest BCUT2D eigenvalue weighted by atomic mass is 9.97. The van der Waals surface area contributed by atoms with Crippen LogP contribution in [-0.2, 0) is 17.6 Å². The van der Waals surface area contributed by atoms with Gasteiger partial charge in [0.15, 0.2) is 10.8 Å². The van der Waals surface area contributed by atoms with Crippen molar-refractivity contribution < 1.29 is 4.79 Å². The summed E-state index contributed by atoms with van der Waals surface area (Å²) in [7, 11) is 0. The fraction of sp³-hybridized carbons (Fsp3) is 0.300. The van der Waals surface area contributed by atoms with Gasteiger partial charge in [0.1, 0.15) is 11.2 Å². The van der Waals surface area contributed by atoms with Crippen molar-refractivity contribution in [3.05, 3.63) is 45.0 Å². The highest BCUT2D eigenvalue weighted by Crippen LogP contribution is 2.37. The van der Waals surface area contributed by atoms with E-state index in [9.17, 15) is 4.79 Å². The van der Waals surface area contributed by atoms with Gasteiger partial charge in [0.05, 0.1) is 11.1 Å². The van der Waals surface area contributed by atoms with Crippen molar-refractivity contribution >= 4 is 66.5 Å². The molecule has 1 amide bonds. The maximum atomic E-state index is 12.4. The molecule has 0 aliphatic heterocycles.